The van der Waals surface area contributed by atoms with Gasteiger partial charge >= 0.3 is 0 Å². The van der Waals surface area contributed by atoms with Gasteiger partial charge in [-0.15, -0.1) is 0 Å². The van der Waals surface area contributed by atoms with Crippen LogP contribution in [0.4, 0.5) is 0 Å². The highest BCUT2D eigenvalue weighted by Crippen LogP contribution is 2.35. The number of carbonyl (C=O) groups is 1. The highest BCUT2D eigenvalue weighted by molar-refractivity contribution is 7.07. The summed E-state index contributed by atoms with van der Waals surface area (Å²) < 4.78 is 4.40. The summed E-state index contributed by atoms with van der Waals surface area (Å²) in [5.74, 6) is 1.66. The van der Waals surface area contributed by atoms with E-state index in [1.807, 2.05) is 31.2 Å². The average Bonchev–Trinajstić information content (AvgIpc) is 3.09. The molecule has 0 bridgehead atoms. The summed E-state index contributed by atoms with van der Waals surface area (Å²) in [5.41, 5.74) is 1.74. The van der Waals surface area contributed by atoms with Crippen LogP contribution in [0.25, 0.3) is 0 Å². The molecule has 2 aromatic rings. The van der Waals surface area contributed by atoms with Gasteiger partial charge in [0.25, 0.3) is 5.91 Å². The summed E-state index contributed by atoms with van der Waals surface area (Å²) >= 11 is 1.23. The minimum Gasteiger partial charge on any atom is -0.329 e. The normalized spacial score (nSPS) is 17.7. The Bertz CT molecular complexity index is 886. The molecule has 1 amide bonds. The average molecular weight is 382 g/mol. The highest BCUT2D eigenvalue weighted by atomic mass is 32.1. The lowest BCUT2D eigenvalue weighted by Crippen LogP contribution is -2.53. The van der Waals surface area contributed by atoms with Crippen LogP contribution >= 0.6 is 11.5 Å². The number of aryl methyl sites for hydroxylation is 1. The maximum absolute atomic E-state index is 12.7. The summed E-state index contributed by atoms with van der Waals surface area (Å²) in [7, 11) is 0. The number of benzene rings is 1. The third-order valence-electron chi connectivity index (χ3n) is 5.23. The second-order valence-corrected chi connectivity index (χ2v) is 7.88. The molecular formula is C19H22N6OS. The molecule has 2 N–H and O–H groups in total. The van der Waals surface area contributed by atoms with E-state index in [0.717, 1.165) is 24.2 Å². The molecule has 1 saturated carbocycles. The van der Waals surface area contributed by atoms with E-state index in [2.05, 4.69) is 9.36 Å². The van der Waals surface area contributed by atoms with Crippen molar-refractivity contribution in [1.82, 2.24) is 19.2 Å². The first kappa shape index (κ1) is 17.8. The third-order valence-corrected chi connectivity index (χ3v) is 5.97. The van der Waals surface area contributed by atoms with Gasteiger partial charge in [-0.3, -0.25) is 15.6 Å². The van der Waals surface area contributed by atoms with Crippen LogP contribution in [0.2, 0.25) is 0 Å². The fourth-order valence-electron chi connectivity index (χ4n) is 3.28. The van der Waals surface area contributed by atoms with Gasteiger partial charge in [-0.05, 0) is 43.4 Å². The third kappa shape index (κ3) is 3.49. The van der Waals surface area contributed by atoms with Crippen molar-refractivity contribution >= 4 is 29.1 Å². The van der Waals surface area contributed by atoms with Crippen molar-refractivity contribution in [2.45, 2.75) is 32.1 Å². The molecule has 2 heterocycles. The maximum atomic E-state index is 12.7. The lowest BCUT2D eigenvalue weighted by Gasteiger charge is -2.35. The van der Waals surface area contributed by atoms with Crippen LogP contribution in [0, 0.1) is 17.7 Å². The summed E-state index contributed by atoms with van der Waals surface area (Å²) in [6.07, 6.45) is 3.47. The van der Waals surface area contributed by atoms with Gasteiger partial charge in [0.2, 0.25) is 0 Å². The molecule has 1 saturated heterocycles. The molecule has 0 unspecified atom stereocenters. The second kappa shape index (κ2) is 7.19. The van der Waals surface area contributed by atoms with E-state index in [4.69, 9.17) is 10.8 Å². The largest absolute Gasteiger partial charge is 0.329 e. The summed E-state index contributed by atoms with van der Waals surface area (Å²) in [6.45, 7) is 3.08. The fraction of sp³-hybridized carbons (Fsp3) is 0.421. The molecule has 4 rings (SSSR count). The predicted octanol–water partition coefficient (Wildman–Crippen LogP) is 2.87. The van der Waals surface area contributed by atoms with E-state index in [0.29, 0.717) is 29.6 Å². The van der Waals surface area contributed by atoms with Gasteiger partial charge in [0.15, 0.2) is 10.8 Å². The standard InChI is InChI=1S/C19H22N6OS/c1-12-5-7-14(8-6-12)19(26)24-9-10-25(15(20)11-24)16(21)18-22-17(23-27-18)13-3-2-4-13/h5-8,13,20-21H,2-4,9-11H2,1H3. The molecule has 1 aliphatic heterocycles. The van der Waals surface area contributed by atoms with Crippen LogP contribution in [0.3, 0.4) is 0 Å². The first-order chi connectivity index (χ1) is 13.0. The monoisotopic (exact) mass is 382 g/mol. The van der Waals surface area contributed by atoms with Gasteiger partial charge in [0.1, 0.15) is 11.7 Å². The lowest BCUT2D eigenvalue weighted by atomic mass is 9.85. The number of amides is 1. The number of nitrogens with one attached hydrogen (secondary N) is 2. The number of amidine groups is 2. The molecule has 140 valence electrons. The molecule has 8 heteroatoms. The number of rotatable bonds is 3. The second-order valence-electron chi connectivity index (χ2n) is 7.13. The minimum absolute atomic E-state index is 0.0749. The summed E-state index contributed by atoms with van der Waals surface area (Å²) in [4.78, 5) is 20.5. The van der Waals surface area contributed by atoms with E-state index in [9.17, 15) is 4.79 Å². The molecule has 7 nitrogen and oxygen atoms in total. The van der Waals surface area contributed by atoms with E-state index in [1.165, 1.54) is 18.0 Å². The van der Waals surface area contributed by atoms with Crippen molar-refractivity contribution in [3.8, 4) is 0 Å². The van der Waals surface area contributed by atoms with E-state index < -0.39 is 0 Å². The van der Waals surface area contributed by atoms with Gasteiger partial charge in [0.05, 0.1) is 6.54 Å². The van der Waals surface area contributed by atoms with Crippen molar-refractivity contribution in [2.75, 3.05) is 19.6 Å². The molecule has 0 atom stereocenters. The van der Waals surface area contributed by atoms with Crippen molar-refractivity contribution in [3.05, 3.63) is 46.2 Å². The quantitative estimate of drug-likeness (QED) is 0.630. The number of aromatic nitrogens is 2. The SMILES string of the molecule is Cc1ccc(C(=O)N2CCN(C(=N)c3nc(C4CCC4)ns3)C(=N)C2)cc1. The first-order valence-electron chi connectivity index (χ1n) is 9.16. The van der Waals surface area contributed by atoms with Gasteiger partial charge in [-0.25, -0.2) is 4.98 Å². The van der Waals surface area contributed by atoms with Crippen molar-refractivity contribution in [1.29, 1.82) is 10.8 Å². The van der Waals surface area contributed by atoms with Crippen molar-refractivity contribution in [3.63, 3.8) is 0 Å². The van der Waals surface area contributed by atoms with Gasteiger partial charge in [0, 0.05) is 24.6 Å². The zero-order valence-corrected chi connectivity index (χ0v) is 16.1. The van der Waals surface area contributed by atoms with Crippen LogP contribution in [0.1, 0.15) is 51.9 Å². The van der Waals surface area contributed by atoms with Crippen molar-refractivity contribution in [2.24, 2.45) is 0 Å². The van der Waals surface area contributed by atoms with Crippen LogP contribution in [-0.4, -0.2) is 56.4 Å². The Morgan fingerprint density at radius 2 is 1.96 bits per heavy atom. The number of piperazine rings is 1. The zero-order chi connectivity index (χ0) is 19.0. The number of hydrogen-bond donors (Lipinski definition) is 2. The first-order valence-corrected chi connectivity index (χ1v) is 9.93. The number of carbonyl (C=O) groups excluding carboxylic acids is 1. The number of hydrogen-bond acceptors (Lipinski definition) is 6. The Labute approximate surface area is 162 Å². The predicted molar refractivity (Wildman–Crippen MR) is 105 cm³/mol. The van der Waals surface area contributed by atoms with E-state index in [1.54, 1.807) is 9.80 Å². The minimum atomic E-state index is -0.0749. The van der Waals surface area contributed by atoms with Gasteiger partial charge in [-0.1, -0.05) is 24.1 Å². The Morgan fingerprint density at radius 3 is 2.59 bits per heavy atom. The molecule has 1 aromatic heterocycles. The van der Waals surface area contributed by atoms with Gasteiger partial charge < -0.3 is 9.80 Å². The Morgan fingerprint density at radius 1 is 1.22 bits per heavy atom. The van der Waals surface area contributed by atoms with Crippen LogP contribution in [0.15, 0.2) is 24.3 Å². The Hall–Kier alpha value is -2.61. The molecular weight excluding hydrogens is 360 g/mol. The maximum Gasteiger partial charge on any atom is 0.254 e. The summed E-state index contributed by atoms with van der Waals surface area (Å²) in [5, 5.41) is 17.3. The van der Waals surface area contributed by atoms with Crippen LogP contribution in [0.5, 0.6) is 0 Å². The Balaban J connectivity index is 1.41. The molecule has 1 aliphatic carbocycles. The van der Waals surface area contributed by atoms with Crippen LogP contribution < -0.4 is 0 Å². The molecule has 2 aliphatic rings. The van der Waals surface area contributed by atoms with Crippen molar-refractivity contribution < 1.29 is 4.79 Å². The fourth-order valence-corrected chi connectivity index (χ4v) is 3.98. The molecule has 0 radical (unpaired) electrons. The van der Waals surface area contributed by atoms with Crippen LogP contribution in [-0.2, 0) is 0 Å². The molecule has 27 heavy (non-hydrogen) atoms. The molecule has 1 aromatic carbocycles. The van der Waals surface area contributed by atoms with Gasteiger partial charge in [-0.2, -0.15) is 4.37 Å². The van der Waals surface area contributed by atoms with E-state index in [-0.39, 0.29) is 24.1 Å². The van der Waals surface area contributed by atoms with E-state index >= 15 is 0 Å². The summed E-state index contributed by atoms with van der Waals surface area (Å²) in [6, 6.07) is 7.47. The number of nitrogens with zero attached hydrogens (tertiary/aromatic N) is 4. The molecule has 0 spiro atoms. The lowest BCUT2D eigenvalue weighted by molar-refractivity contribution is 0.0757. The molecule has 2 fully saturated rings. The topological polar surface area (TPSA) is 97.0 Å². The zero-order valence-electron chi connectivity index (χ0n) is 15.2. The smallest absolute Gasteiger partial charge is 0.254 e. The Kier molecular flexibility index (Phi) is 4.73. The highest BCUT2D eigenvalue weighted by Gasteiger charge is 2.30.